The summed E-state index contributed by atoms with van der Waals surface area (Å²) in [6.45, 7) is 0. The van der Waals surface area contributed by atoms with Gasteiger partial charge >= 0.3 is 5.97 Å². The first-order chi connectivity index (χ1) is 5.68. The van der Waals surface area contributed by atoms with Crippen molar-refractivity contribution in [2.45, 2.75) is 31.0 Å². The molecule has 0 radical (unpaired) electrons. The largest absolute Gasteiger partial charge is 0.480 e. The van der Waals surface area contributed by atoms with Crippen molar-refractivity contribution in [3.8, 4) is 0 Å². The Hall–Kier alpha value is -1.10. The maximum atomic E-state index is 11.1. The van der Waals surface area contributed by atoms with E-state index in [4.69, 9.17) is 5.11 Å². The predicted molar refractivity (Wildman–Crippen MR) is 39.5 cm³/mol. The average molecular weight is 170 g/mol. The predicted octanol–water partition coefficient (Wildman–Crippen LogP) is -1.31. The average Bonchev–Trinajstić information content (AvgIpc) is 2.42. The third-order valence-electron chi connectivity index (χ3n) is 2.46. The first-order valence-corrected chi connectivity index (χ1v) is 3.98. The van der Waals surface area contributed by atoms with Gasteiger partial charge in [0.15, 0.2) is 0 Å². The van der Waals surface area contributed by atoms with Gasteiger partial charge in [-0.1, -0.05) is 0 Å². The molecule has 66 valence electrons. The topological polar surface area (TPSA) is 78.4 Å². The van der Waals surface area contributed by atoms with Crippen molar-refractivity contribution in [3.05, 3.63) is 0 Å². The molecule has 2 rings (SSSR count). The second-order valence-corrected chi connectivity index (χ2v) is 3.23. The Morgan fingerprint density at radius 2 is 2.25 bits per heavy atom. The number of carboxylic acids is 1. The van der Waals surface area contributed by atoms with E-state index in [9.17, 15) is 9.59 Å². The second-order valence-electron chi connectivity index (χ2n) is 3.23. The molecule has 2 bridgehead atoms. The zero-order valence-electron chi connectivity index (χ0n) is 6.41. The number of nitrogens with one attached hydrogen (secondary N) is 2. The molecule has 0 aliphatic carbocycles. The summed E-state index contributed by atoms with van der Waals surface area (Å²) in [5, 5.41) is 14.2. The number of carbonyl (C=O) groups is 2. The Balaban J connectivity index is 2.17. The summed E-state index contributed by atoms with van der Waals surface area (Å²) in [7, 11) is 0. The summed E-state index contributed by atoms with van der Waals surface area (Å²) < 4.78 is 0. The van der Waals surface area contributed by atoms with Crippen molar-refractivity contribution in [2.24, 2.45) is 0 Å². The lowest BCUT2D eigenvalue weighted by Crippen LogP contribution is -2.61. The van der Waals surface area contributed by atoms with Crippen LogP contribution in [0.3, 0.4) is 0 Å². The molecule has 0 aromatic rings. The molecule has 2 aliphatic heterocycles. The Morgan fingerprint density at radius 1 is 1.50 bits per heavy atom. The van der Waals surface area contributed by atoms with Gasteiger partial charge in [-0.2, -0.15) is 0 Å². The molecular weight excluding hydrogens is 160 g/mol. The van der Waals surface area contributed by atoms with E-state index < -0.39 is 12.0 Å². The molecular formula is C7H10N2O3. The molecule has 0 saturated carbocycles. The molecule has 3 N–H and O–H groups in total. The number of carbonyl (C=O) groups excluding carboxylic acids is 1. The van der Waals surface area contributed by atoms with Gasteiger partial charge in [0.1, 0.15) is 6.04 Å². The summed E-state index contributed by atoms with van der Waals surface area (Å²) >= 11 is 0. The lowest BCUT2D eigenvalue weighted by molar-refractivity contribution is -0.144. The fourth-order valence-electron chi connectivity index (χ4n) is 1.83. The minimum atomic E-state index is -0.957. The number of hydrogen-bond donors (Lipinski definition) is 3. The maximum Gasteiger partial charge on any atom is 0.327 e. The monoisotopic (exact) mass is 170 g/mol. The molecule has 0 aromatic heterocycles. The molecule has 2 heterocycles. The van der Waals surface area contributed by atoms with Crippen molar-refractivity contribution < 1.29 is 14.7 Å². The molecule has 0 aromatic carbocycles. The van der Waals surface area contributed by atoms with Gasteiger partial charge in [0.2, 0.25) is 5.91 Å². The van der Waals surface area contributed by atoms with E-state index in [0.29, 0.717) is 0 Å². The molecule has 2 aliphatic rings. The highest BCUT2D eigenvalue weighted by atomic mass is 16.4. The van der Waals surface area contributed by atoms with Crippen LogP contribution in [0.1, 0.15) is 12.8 Å². The van der Waals surface area contributed by atoms with E-state index in [-0.39, 0.29) is 18.0 Å². The highest BCUT2D eigenvalue weighted by molar-refractivity contribution is 5.89. The number of amides is 1. The zero-order chi connectivity index (χ0) is 8.72. The molecule has 5 heteroatoms. The number of hydrogen-bond acceptors (Lipinski definition) is 3. The third kappa shape index (κ3) is 0.972. The van der Waals surface area contributed by atoms with Gasteiger partial charge < -0.3 is 15.7 Å². The normalized spacial score (nSPS) is 39.3. The summed E-state index contributed by atoms with van der Waals surface area (Å²) in [5.41, 5.74) is 0. The van der Waals surface area contributed by atoms with E-state index in [2.05, 4.69) is 10.6 Å². The van der Waals surface area contributed by atoms with Gasteiger partial charge in [-0.05, 0) is 12.8 Å². The number of aliphatic carboxylic acids is 1. The van der Waals surface area contributed by atoms with Crippen molar-refractivity contribution in [2.75, 3.05) is 0 Å². The van der Waals surface area contributed by atoms with Gasteiger partial charge in [0.05, 0.1) is 6.04 Å². The third-order valence-corrected chi connectivity index (χ3v) is 2.46. The SMILES string of the molecule is O=C1NC(C(=O)O)C2CCC1N2. The molecule has 3 atom stereocenters. The van der Waals surface area contributed by atoms with Crippen LogP contribution in [0.4, 0.5) is 0 Å². The fraction of sp³-hybridized carbons (Fsp3) is 0.714. The van der Waals surface area contributed by atoms with Gasteiger partial charge in [-0.25, -0.2) is 4.79 Å². The number of carboxylic acid groups (broad SMARTS) is 1. The van der Waals surface area contributed by atoms with Crippen LogP contribution >= 0.6 is 0 Å². The minimum Gasteiger partial charge on any atom is -0.480 e. The fourth-order valence-corrected chi connectivity index (χ4v) is 1.83. The van der Waals surface area contributed by atoms with Crippen LogP contribution in [0.15, 0.2) is 0 Å². The Labute approximate surface area is 69.1 Å². The summed E-state index contributed by atoms with van der Waals surface area (Å²) in [5.74, 6) is -1.14. The Bertz CT molecular complexity index is 241. The molecule has 12 heavy (non-hydrogen) atoms. The van der Waals surface area contributed by atoms with Gasteiger partial charge in [-0.3, -0.25) is 4.79 Å². The van der Waals surface area contributed by atoms with E-state index in [1.54, 1.807) is 0 Å². The lowest BCUT2D eigenvalue weighted by atomic mass is 10.1. The van der Waals surface area contributed by atoms with Crippen LogP contribution in [0, 0.1) is 0 Å². The Morgan fingerprint density at radius 3 is 2.92 bits per heavy atom. The van der Waals surface area contributed by atoms with E-state index in [0.717, 1.165) is 12.8 Å². The van der Waals surface area contributed by atoms with Crippen molar-refractivity contribution in [1.29, 1.82) is 0 Å². The minimum absolute atomic E-state index is 0.0785. The van der Waals surface area contributed by atoms with Crippen LogP contribution in [0.5, 0.6) is 0 Å². The first kappa shape index (κ1) is 7.54. The van der Waals surface area contributed by atoms with E-state index >= 15 is 0 Å². The van der Waals surface area contributed by atoms with E-state index in [1.165, 1.54) is 0 Å². The maximum absolute atomic E-state index is 11.1. The van der Waals surface area contributed by atoms with E-state index in [1.807, 2.05) is 0 Å². The van der Waals surface area contributed by atoms with Crippen molar-refractivity contribution in [1.82, 2.24) is 10.6 Å². The highest BCUT2D eigenvalue weighted by Gasteiger charge is 2.43. The lowest BCUT2D eigenvalue weighted by Gasteiger charge is -2.27. The molecule has 1 amide bonds. The van der Waals surface area contributed by atoms with Crippen molar-refractivity contribution in [3.63, 3.8) is 0 Å². The summed E-state index contributed by atoms with van der Waals surface area (Å²) in [4.78, 5) is 21.8. The first-order valence-electron chi connectivity index (χ1n) is 3.98. The van der Waals surface area contributed by atoms with Crippen LogP contribution in [0.25, 0.3) is 0 Å². The number of rotatable bonds is 1. The zero-order valence-corrected chi connectivity index (χ0v) is 6.41. The highest BCUT2D eigenvalue weighted by Crippen LogP contribution is 2.20. The quantitative estimate of drug-likeness (QED) is 0.456. The van der Waals surface area contributed by atoms with Gasteiger partial charge in [0, 0.05) is 6.04 Å². The molecule has 3 unspecified atom stereocenters. The van der Waals surface area contributed by atoms with Crippen LogP contribution in [-0.4, -0.2) is 35.1 Å². The van der Waals surface area contributed by atoms with Gasteiger partial charge in [0.25, 0.3) is 0 Å². The van der Waals surface area contributed by atoms with Gasteiger partial charge in [-0.15, -0.1) is 0 Å². The Kier molecular flexibility index (Phi) is 1.54. The van der Waals surface area contributed by atoms with Crippen molar-refractivity contribution >= 4 is 11.9 Å². The molecule has 5 nitrogen and oxygen atoms in total. The molecule has 2 saturated heterocycles. The smallest absolute Gasteiger partial charge is 0.327 e. The molecule has 2 fully saturated rings. The standard InChI is InChI=1S/C7H10N2O3/c10-6-4-2-1-3(8-4)5(9-6)7(11)12/h3-5,8H,1-2H2,(H,9,10)(H,11,12). The number of piperazine rings is 1. The summed E-state index contributed by atoms with van der Waals surface area (Å²) in [6, 6.07) is -0.980. The number of fused-ring (bicyclic) bond motifs is 2. The van der Waals surface area contributed by atoms with Crippen LogP contribution in [0.2, 0.25) is 0 Å². The summed E-state index contributed by atoms with van der Waals surface area (Å²) in [6.07, 6.45) is 1.51. The van der Waals surface area contributed by atoms with Crippen LogP contribution in [-0.2, 0) is 9.59 Å². The second kappa shape index (κ2) is 2.45. The van der Waals surface area contributed by atoms with Crippen LogP contribution < -0.4 is 10.6 Å². The molecule has 0 spiro atoms.